The van der Waals surface area contributed by atoms with Crippen molar-refractivity contribution >= 4 is 16.8 Å². The lowest BCUT2D eigenvalue weighted by molar-refractivity contribution is -0.131. The summed E-state index contributed by atoms with van der Waals surface area (Å²) in [5, 5.41) is 1.24. The zero-order valence-corrected chi connectivity index (χ0v) is 11.8. The van der Waals surface area contributed by atoms with E-state index in [1.54, 1.807) is 7.11 Å². The fourth-order valence-electron chi connectivity index (χ4n) is 3.82. The first-order chi connectivity index (χ1) is 9.63. The Morgan fingerprint density at radius 3 is 3.00 bits per heavy atom. The Kier molecular flexibility index (Phi) is 2.23. The molecular formula is C16H18N2O2. The Morgan fingerprint density at radius 2 is 2.20 bits per heavy atom. The first-order valence-electron chi connectivity index (χ1n) is 7.13. The van der Waals surface area contributed by atoms with Crippen molar-refractivity contribution in [3.63, 3.8) is 0 Å². The van der Waals surface area contributed by atoms with Gasteiger partial charge in [-0.3, -0.25) is 4.79 Å². The van der Waals surface area contributed by atoms with Crippen molar-refractivity contribution in [2.75, 3.05) is 13.7 Å². The number of nitrogens with one attached hydrogen (secondary N) is 1. The molecule has 0 saturated carbocycles. The second kappa shape index (κ2) is 3.78. The second-order valence-electron chi connectivity index (χ2n) is 5.96. The maximum absolute atomic E-state index is 12.0. The Morgan fingerprint density at radius 1 is 1.35 bits per heavy atom. The summed E-state index contributed by atoms with van der Waals surface area (Å²) in [5.41, 5.74) is 3.56. The van der Waals surface area contributed by atoms with Crippen LogP contribution in [-0.4, -0.2) is 29.4 Å². The summed E-state index contributed by atoms with van der Waals surface area (Å²) in [6.07, 6.45) is 2.49. The number of aromatic nitrogens is 1. The molecule has 2 aliphatic heterocycles. The lowest BCUT2D eigenvalue weighted by Crippen LogP contribution is -2.46. The SMILES string of the molecule is COc1ccc2[nH]c3c(c2c1)CCN1C(=O)CCC31C. The zero-order chi connectivity index (χ0) is 13.9. The van der Waals surface area contributed by atoms with Crippen LogP contribution in [0.1, 0.15) is 31.0 Å². The molecule has 1 aromatic heterocycles. The van der Waals surface area contributed by atoms with Gasteiger partial charge < -0.3 is 14.6 Å². The molecule has 2 aliphatic rings. The number of hydrogen-bond donors (Lipinski definition) is 1. The van der Waals surface area contributed by atoms with Crippen molar-refractivity contribution in [2.24, 2.45) is 0 Å². The minimum absolute atomic E-state index is 0.156. The lowest BCUT2D eigenvalue weighted by Gasteiger charge is -2.39. The molecule has 0 spiro atoms. The molecule has 2 aromatic rings. The molecule has 1 fully saturated rings. The van der Waals surface area contributed by atoms with Gasteiger partial charge in [-0.1, -0.05) is 0 Å². The Balaban J connectivity index is 1.95. The average molecular weight is 270 g/mol. The van der Waals surface area contributed by atoms with Crippen molar-refractivity contribution in [1.82, 2.24) is 9.88 Å². The van der Waals surface area contributed by atoms with E-state index in [4.69, 9.17) is 4.74 Å². The van der Waals surface area contributed by atoms with E-state index < -0.39 is 0 Å². The van der Waals surface area contributed by atoms with E-state index in [-0.39, 0.29) is 11.4 Å². The lowest BCUT2D eigenvalue weighted by atomic mass is 9.86. The standard InChI is InChI=1S/C16H18N2O2/c1-16-7-5-14(19)18(16)8-6-11-12-9-10(20-2)3-4-13(12)17-15(11)16/h3-4,9,17H,5-8H2,1-2H3. The molecule has 4 nitrogen and oxygen atoms in total. The summed E-state index contributed by atoms with van der Waals surface area (Å²) in [6.45, 7) is 3.01. The van der Waals surface area contributed by atoms with Crippen molar-refractivity contribution in [2.45, 2.75) is 31.7 Å². The topological polar surface area (TPSA) is 45.3 Å². The first kappa shape index (κ1) is 11.8. The zero-order valence-electron chi connectivity index (χ0n) is 11.8. The highest BCUT2D eigenvalue weighted by atomic mass is 16.5. The summed E-state index contributed by atoms with van der Waals surface area (Å²) in [7, 11) is 1.69. The third-order valence-corrected chi connectivity index (χ3v) is 4.96. The molecule has 1 unspecified atom stereocenters. The van der Waals surface area contributed by atoms with Gasteiger partial charge in [0.15, 0.2) is 0 Å². The molecule has 4 rings (SSSR count). The number of aromatic amines is 1. The van der Waals surface area contributed by atoms with Gasteiger partial charge in [0.2, 0.25) is 5.91 Å². The van der Waals surface area contributed by atoms with E-state index in [1.807, 2.05) is 11.0 Å². The molecule has 3 heterocycles. The highest BCUT2D eigenvalue weighted by Gasteiger charge is 2.47. The number of methoxy groups -OCH3 is 1. The van der Waals surface area contributed by atoms with E-state index in [2.05, 4.69) is 24.0 Å². The molecular weight excluding hydrogens is 252 g/mol. The molecule has 1 saturated heterocycles. The van der Waals surface area contributed by atoms with Crippen LogP contribution in [0.15, 0.2) is 18.2 Å². The van der Waals surface area contributed by atoms with Crippen LogP contribution in [0.3, 0.4) is 0 Å². The van der Waals surface area contributed by atoms with Gasteiger partial charge >= 0.3 is 0 Å². The van der Waals surface area contributed by atoms with Crippen LogP contribution in [-0.2, 0) is 16.8 Å². The highest BCUT2D eigenvalue weighted by Crippen LogP contribution is 2.45. The minimum atomic E-state index is -0.156. The number of fused-ring (bicyclic) bond motifs is 5. The number of hydrogen-bond acceptors (Lipinski definition) is 2. The van der Waals surface area contributed by atoms with E-state index in [0.29, 0.717) is 6.42 Å². The predicted molar refractivity (Wildman–Crippen MR) is 76.9 cm³/mol. The summed E-state index contributed by atoms with van der Waals surface area (Å²) >= 11 is 0. The maximum Gasteiger partial charge on any atom is 0.223 e. The molecule has 0 aliphatic carbocycles. The third-order valence-electron chi connectivity index (χ3n) is 4.96. The Labute approximate surface area is 117 Å². The molecule has 1 amide bonds. The quantitative estimate of drug-likeness (QED) is 0.865. The van der Waals surface area contributed by atoms with Gasteiger partial charge in [-0.25, -0.2) is 0 Å². The maximum atomic E-state index is 12.0. The van der Waals surface area contributed by atoms with Crippen molar-refractivity contribution in [1.29, 1.82) is 0 Å². The van der Waals surface area contributed by atoms with E-state index in [0.717, 1.165) is 30.7 Å². The van der Waals surface area contributed by atoms with Crippen LogP contribution in [0.25, 0.3) is 10.9 Å². The second-order valence-corrected chi connectivity index (χ2v) is 5.96. The molecule has 0 bridgehead atoms. The summed E-state index contributed by atoms with van der Waals surface area (Å²) in [5.74, 6) is 1.17. The number of H-pyrrole nitrogens is 1. The Hall–Kier alpha value is -1.97. The van der Waals surface area contributed by atoms with Crippen molar-refractivity contribution < 1.29 is 9.53 Å². The largest absolute Gasteiger partial charge is 0.497 e. The molecule has 0 radical (unpaired) electrons. The van der Waals surface area contributed by atoms with Gasteiger partial charge in [-0.05, 0) is 43.5 Å². The van der Waals surface area contributed by atoms with Gasteiger partial charge in [0.05, 0.1) is 12.6 Å². The highest BCUT2D eigenvalue weighted by molar-refractivity contribution is 5.88. The van der Waals surface area contributed by atoms with Crippen LogP contribution in [0.5, 0.6) is 5.75 Å². The molecule has 1 atom stereocenters. The number of benzene rings is 1. The molecule has 20 heavy (non-hydrogen) atoms. The van der Waals surface area contributed by atoms with Crippen LogP contribution >= 0.6 is 0 Å². The van der Waals surface area contributed by atoms with Crippen LogP contribution < -0.4 is 4.74 Å². The minimum Gasteiger partial charge on any atom is -0.497 e. The number of nitrogens with zero attached hydrogens (tertiary/aromatic N) is 1. The summed E-state index contributed by atoms with van der Waals surface area (Å²) < 4.78 is 5.33. The van der Waals surface area contributed by atoms with E-state index in [1.165, 1.54) is 16.6 Å². The first-order valence-corrected chi connectivity index (χ1v) is 7.13. The number of carbonyl (C=O) groups excluding carboxylic acids is 1. The number of carbonyl (C=O) groups is 1. The summed E-state index contributed by atoms with van der Waals surface area (Å²) in [4.78, 5) is 17.6. The van der Waals surface area contributed by atoms with Gasteiger partial charge in [0.25, 0.3) is 0 Å². The predicted octanol–water partition coefficient (Wildman–Crippen LogP) is 2.57. The van der Waals surface area contributed by atoms with Crippen LogP contribution in [0.2, 0.25) is 0 Å². The monoisotopic (exact) mass is 270 g/mol. The molecule has 1 N–H and O–H groups in total. The van der Waals surface area contributed by atoms with Gasteiger partial charge in [0.1, 0.15) is 5.75 Å². The van der Waals surface area contributed by atoms with Gasteiger partial charge in [0, 0.05) is 29.6 Å². The van der Waals surface area contributed by atoms with Crippen LogP contribution in [0, 0.1) is 0 Å². The van der Waals surface area contributed by atoms with Gasteiger partial charge in [-0.2, -0.15) is 0 Å². The fourth-order valence-corrected chi connectivity index (χ4v) is 3.82. The summed E-state index contributed by atoms with van der Waals surface area (Å²) in [6, 6.07) is 6.14. The van der Waals surface area contributed by atoms with Crippen LogP contribution in [0.4, 0.5) is 0 Å². The molecule has 104 valence electrons. The van der Waals surface area contributed by atoms with Crippen molar-refractivity contribution in [3.05, 3.63) is 29.5 Å². The number of rotatable bonds is 1. The molecule has 1 aromatic carbocycles. The number of ether oxygens (including phenoxy) is 1. The average Bonchev–Trinajstić information content (AvgIpc) is 2.97. The normalized spacial score (nSPS) is 24.9. The molecule has 4 heteroatoms. The van der Waals surface area contributed by atoms with Gasteiger partial charge in [-0.15, -0.1) is 0 Å². The Bertz CT molecular complexity index is 719. The van der Waals surface area contributed by atoms with E-state index >= 15 is 0 Å². The van der Waals surface area contributed by atoms with Crippen molar-refractivity contribution in [3.8, 4) is 5.75 Å². The fraction of sp³-hybridized carbons (Fsp3) is 0.438. The number of amides is 1. The van der Waals surface area contributed by atoms with E-state index in [9.17, 15) is 4.79 Å². The smallest absolute Gasteiger partial charge is 0.223 e. The third kappa shape index (κ3) is 1.34.